The van der Waals surface area contributed by atoms with E-state index >= 15 is 0 Å². The lowest BCUT2D eigenvalue weighted by molar-refractivity contribution is 0.298. The molecule has 1 unspecified atom stereocenters. The molecule has 0 amide bonds. The minimum absolute atomic E-state index is 0.543. The van der Waals surface area contributed by atoms with E-state index in [0.717, 1.165) is 18.8 Å². The maximum atomic E-state index is 4.22. The molecule has 1 fully saturated rings. The maximum Gasteiger partial charge on any atom is 0.0638 e. The van der Waals surface area contributed by atoms with Crippen molar-refractivity contribution >= 4 is 0 Å². The van der Waals surface area contributed by atoms with Gasteiger partial charge in [0.2, 0.25) is 0 Å². The van der Waals surface area contributed by atoms with Crippen molar-refractivity contribution in [3.63, 3.8) is 0 Å². The number of aromatic amines is 1. The van der Waals surface area contributed by atoms with Crippen molar-refractivity contribution in [2.75, 3.05) is 19.6 Å². The van der Waals surface area contributed by atoms with Gasteiger partial charge in [0, 0.05) is 30.4 Å². The number of nitrogens with zero attached hydrogens (tertiary/aromatic N) is 2. The predicted octanol–water partition coefficient (Wildman–Crippen LogP) is 1.60. The fourth-order valence-electron chi connectivity index (χ4n) is 2.53. The monoisotopic (exact) mass is 236 g/mol. The summed E-state index contributed by atoms with van der Waals surface area (Å²) < 4.78 is 0. The molecule has 0 radical (unpaired) electrons. The summed E-state index contributed by atoms with van der Waals surface area (Å²) in [5.74, 6) is 0. The molecular formula is C13H24N4. The normalized spacial score (nSPS) is 18.8. The third kappa shape index (κ3) is 3.30. The van der Waals surface area contributed by atoms with Gasteiger partial charge in [-0.2, -0.15) is 5.10 Å². The molecule has 2 rings (SSSR count). The summed E-state index contributed by atoms with van der Waals surface area (Å²) in [5, 5.41) is 10.8. The first-order valence-electron chi connectivity index (χ1n) is 6.63. The van der Waals surface area contributed by atoms with E-state index in [4.69, 9.17) is 0 Å². The lowest BCUT2D eigenvalue weighted by atomic mass is 10.2. The van der Waals surface area contributed by atoms with Crippen molar-refractivity contribution in [2.45, 2.75) is 46.2 Å². The first-order chi connectivity index (χ1) is 8.16. The van der Waals surface area contributed by atoms with Crippen LogP contribution in [-0.2, 0) is 6.54 Å². The smallest absolute Gasteiger partial charge is 0.0638 e. The van der Waals surface area contributed by atoms with Crippen LogP contribution >= 0.6 is 0 Å². The summed E-state index contributed by atoms with van der Waals surface area (Å²) in [6, 6.07) is 0.543. The minimum atomic E-state index is 0.543. The second-order valence-electron chi connectivity index (χ2n) is 5.20. The van der Waals surface area contributed by atoms with Crippen LogP contribution in [0.2, 0.25) is 0 Å². The Balaban J connectivity index is 1.77. The van der Waals surface area contributed by atoms with Crippen molar-refractivity contribution in [1.82, 2.24) is 20.4 Å². The number of hydrogen-bond donors (Lipinski definition) is 2. The van der Waals surface area contributed by atoms with Crippen molar-refractivity contribution in [3.8, 4) is 0 Å². The quantitative estimate of drug-likeness (QED) is 0.816. The molecule has 0 spiro atoms. The topological polar surface area (TPSA) is 44.0 Å². The Morgan fingerprint density at radius 2 is 2.06 bits per heavy atom. The van der Waals surface area contributed by atoms with E-state index in [2.05, 4.69) is 41.2 Å². The predicted molar refractivity (Wildman–Crippen MR) is 70.0 cm³/mol. The number of hydrogen-bond acceptors (Lipinski definition) is 3. The molecule has 4 heteroatoms. The standard InChI is InChI=1S/C13H24N4/c1-10(9-17-6-4-5-7-17)14-8-13-11(2)15-16-12(13)3/h10,14H,4-9H2,1-3H3,(H,15,16). The SMILES string of the molecule is Cc1n[nH]c(C)c1CNC(C)CN1CCCC1. The minimum Gasteiger partial charge on any atom is -0.309 e. The summed E-state index contributed by atoms with van der Waals surface area (Å²) in [6.07, 6.45) is 2.74. The van der Waals surface area contributed by atoms with Crippen LogP contribution in [0.5, 0.6) is 0 Å². The van der Waals surface area contributed by atoms with Crippen molar-refractivity contribution in [1.29, 1.82) is 0 Å². The van der Waals surface area contributed by atoms with Gasteiger partial charge in [0.25, 0.3) is 0 Å². The van der Waals surface area contributed by atoms with Gasteiger partial charge in [-0.1, -0.05) is 0 Å². The molecule has 96 valence electrons. The number of aromatic nitrogens is 2. The molecule has 2 N–H and O–H groups in total. The van der Waals surface area contributed by atoms with Crippen molar-refractivity contribution in [2.24, 2.45) is 0 Å². The van der Waals surface area contributed by atoms with Gasteiger partial charge in [0.1, 0.15) is 0 Å². The Kier molecular flexibility index (Phi) is 4.18. The molecule has 0 aliphatic carbocycles. The summed E-state index contributed by atoms with van der Waals surface area (Å²) in [4.78, 5) is 2.55. The fraction of sp³-hybridized carbons (Fsp3) is 0.769. The lowest BCUT2D eigenvalue weighted by Gasteiger charge is -2.21. The van der Waals surface area contributed by atoms with E-state index in [9.17, 15) is 0 Å². The molecule has 0 aromatic carbocycles. The lowest BCUT2D eigenvalue weighted by Crippen LogP contribution is -2.37. The summed E-state index contributed by atoms with van der Waals surface area (Å²) >= 11 is 0. The molecule has 0 saturated carbocycles. The van der Waals surface area contributed by atoms with E-state index in [1.807, 2.05) is 0 Å². The van der Waals surface area contributed by atoms with E-state index in [1.54, 1.807) is 0 Å². The Morgan fingerprint density at radius 1 is 1.35 bits per heavy atom. The highest BCUT2D eigenvalue weighted by Crippen LogP contribution is 2.10. The van der Waals surface area contributed by atoms with Gasteiger partial charge in [0.05, 0.1) is 5.69 Å². The van der Waals surface area contributed by atoms with Crippen LogP contribution in [0.1, 0.15) is 36.7 Å². The summed E-state index contributed by atoms with van der Waals surface area (Å²) in [6.45, 7) is 11.0. The van der Waals surface area contributed by atoms with E-state index in [0.29, 0.717) is 6.04 Å². The number of H-pyrrole nitrogens is 1. The Bertz CT molecular complexity index is 333. The molecule has 1 aliphatic heterocycles. The molecule has 1 aliphatic rings. The number of rotatable bonds is 5. The highest BCUT2D eigenvalue weighted by molar-refractivity contribution is 5.22. The zero-order chi connectivity index (χ0) is 12.3. The van der Waals surface area contributed by atoms with Crippen LogP contribution in [0.3, 0.4) is 0 Å². The van der Waals surface area contributed by atoms with Gasteiger partial charge in [-0.25, -0.2) is 0 Å². The third-order valence-electron chi connectivity index (χ3n) is 3.64. The fourth-order valence-corrected chi connectivity index (χ4v) is 2.53. The number of likely N-dealkylation sites (tertiary alicyclic amines) is 1. The second kappa shape index (κ2) is 5.65. The van der Waals surface area contributed by atoms with Crippen LogP contribution in [0.25, 0.3) is 0 Å². The molecular weight excluding hydrogens is 212 g/mol. The Hall–Kier alpha value is -0.870. The van der Waals surface area contributed by atoms with Crippen LogP contribution in [0.15, 0.2) is 0 Å². The average Bonchev–Trinajstić information content (AvgIpc) is 2.88. The second-order valence-corrected chi connectivity index (χ2v) is 5.20. The van der Waals surface area contributed by atoms with Crippen molar-refractivity contribution in [3.05, 3.63) is 17.0 Å². The van der Waals surface area contributed by atoms with E-state index in [-0.39, 0.29) is 0 Å². The van der Waals surface area contributed by atoms with Gasteiger partial charge in [-0.3, -0.25) is 5.10 Å². The van der Waals surface area contributed by atoms with Crippen molar-refractivity contribution < 1.29 is 0 Å². The zero-order valence-corrected chi connectivity index (χ0v) is 11.2. The van der Waals surface area contributed by atoms with Gasteiger partial charge in [-0.05, 0) is 46.7 Å². The highest BCUT2D eigenvalue weighted by Gasteiger charge is 2.15. The van der Waals surface area contributed by atoms with Gasteiger partial charge >= 0.3 is 0 Å². The van der Waals surface area contributed by atoms with Gasteiger partial charge < -0.3 is 10.2 Å². The first-order valence-corrected chi connectivity index (χ1v) is 6.63. The molecule has 1 aromatic rings. The van der Waals surface area contributed by atoms with Crippen LogP contribution < -0.4 is 5.32 Å². The van der Waals surface area contributed by atoms with Crippen LogP contribution in [0.4, 0.5) is 0 Å². The molecule has 1 saturated heterocycles. The molecule has 4 nitrogen and oxygen atoms in total. The Morgan fingerprint density at radius 3 is 2.65 bits per heavy atom. The highest BCUT2D eigenvalue weighted by atomic mass is 15.2. The average molecular weight is 236 g/mol. The third-order valence-corrected chi connectivity index (χ3v) is 3.64. The number of aryl methyl sites for hydroxylation is 2. The molecule has 0 bridgehead atoms. The van der Waals surface area contributed by atoms with E-state index in [1.165, 1.54) is 37.2 Å². The Labute approximate surface area is 104 Å². The first kappa shape index (κ1) is 12.6. The summed E-state index contributed by atoms with van der Waals surface area (Å²) in [7, 11) is 0. The van der Waals surface area contributed by atoms with Crippen LogP contribution in [-0.4, -0.2) is 40.8 Å². The summed E-state index contributed by atoms with van der Waals surface area (Å²) in [5.41, 5.74) is 3.62. The molecule has 2 heterocycles. The zero-order valence-electron chi connectivity index (χ0n) is 11.2. The van der Waals surface area contributed by atoms with Crippen LogP contribution in [0, 0.1) is 13.8 Å². The largest absolute Gasteiger partial charge is 0.309 e. The van der Waals surface area contributed by atoms with E-state index < -0.39 is 0 Å². The molecule has 1 aromatic heterocycles. The van der Waals surface area contributed by atoms with Gasteiger partial charge in [-0.15, -0.1) is 0 Å². The molecule has 1 atom stereocenters. The number of nitrogens with one attached hydrogen (secondary N) is 2. The maximum absolute atomic E-state index is 4.22. The van der Waals surface area contributed by atoms with Gasteiger partial charge in [0.15, 0.2) is 0 Å². The molecule has 17 heavy (non-hydrogen) atoms.